The number of anilines is 1. The molecule has 0 radical (unpaired) electrons. The van der Waals surface area contributed by atoms with Gasteiger partial charge >= 0.3 is 0 Å². The average molecular weight is 339 g/mol. The summed E-state index contributed by atoms with van der Waals surface area (Å²) >= 11 is 1.31. The molecular formula is C19H21N3OS. The zero-order chi connectivity index (χ0) is 17.4. The minimum absolute atomic E-state index is 0.102. The van der Waals surface area contributed by atoms with Crippen molar-refractivity contribution in [3.8, 4) is 6.07 Å². The molecule has 0 aliphatic carbocycles. The van der Waals surface area contributed by atoms with E-state index in [9.17, 15) is 10.1 Å². The maximum atomic E-state index is 12.1. The molecule has 0 bridgehead atoms. The van der Waals surface area contributed by atoms with E-state index in [1.165, 1.54) is 11.8 Å². The smallest absolute Gasteiger partial charge is 0.234 e. The van der Waals surface area contributed by atoms with Gasteiger partial charge in [-0.2, -0.15) is 5.26 Å². The number of thioether (sulfide) groups is 1. The van der Waals surface area contributed by atoms with Crippen molar-refractivity contribution in [3.05, 3.63) is 53.2 Å². The molecule has 124 valence electrons. The number of hydrogen-bond donors (Lipinski definition) is 1. The Hall–Kier alpha value is -2.32. The third-order valence-electron chi connectivity index (χ3n) is 3.47. The Morgan fingerprint density at radius 2 is 2.17 bits per heavy atom. The van der Waals surface area contributed by atoms with Gasteiger partial charge in [0.25, 0.3) is 0 Å². The van der Waals surface area contributed by atoms with Gasteiger partial charge in [0.05, 0.1) is 11.3 Å². The quantitative estimate of drug-likeness (QED) is 0.762. The molecule has 5 heteroatoms. The van der Waals surface area contributed by atoms with Gasteiger partial charge < -0.3 is 5.32 Å². The summed E-state index contributed by atoms with van der Waals surface area (Å²) in [6.45, 7) is 4.12. The van der Waals surface area contributed by atoms with E-state index in [-0.39, 0.29) is 11.7 Å². The number of rotatable bonds is 7. The molecule has 1 heterocycles. The van der Waals surface area contributed by atoms with Crippen molar-refractivity contribution in [2.45, 2.75) is 38.1 Å². The molecule has 1 N–H and O–H groups in total. The normalized spacial score (nSPS) is 10.2. The van der Waals surface area contributed by atoms with Crippen LogP contribution < -0.4 is 5.32 Å². The minimum Gasteiger partial charge on any atom is -0.325 e. The van der Waals surface area contributed by atoms with E-state index in [1.54, 1.807) is 6.07 Å². The number of aromatic nitrogens is 1. The van der Waals surface area contributed by atoms with E-state index in [2.05, 4.69) is 23.3 Å². The highest BCUT2D eigenvalue weighted by atomic mass is 32.2. The molecule has 2 aromatic rings. The Labute approximate surface area is 147 Å². The topological polar surface area (TPSA) is 65.8 Å². The Bertz CT molecular complexity index is 753. The lowest BCUT2D eigenvalue weighted by Gasteiger charge is -2.08. The molecule has 0 unspecified atom stereocenters. The van der Waals surface area contributed by atoms with Crippen molar-refractivity contribution >= 4 is 23.4 Å². The number of pyridine rings is 1. The molecule has 1 amide bonds. The van der Waals surface area contributed by atoms with Crippen molar-refractivity contribution in [2.24, 2.45) is 0 Å². The molecule has 0 aliphatic rings. The highest BCUT2D eigenvalue weighted by molar-refractivity contribution is 8.00. The number of nitrogens with zero attached hydrogens (tertiary/aromatic N) is 2. The summed E-state index contributed by atoms with van der Waals surface area (Å²) in [6, 6.07) is 13.5. The number of nitrogens with one attached hydrogen (secondary N) is 1. The molecule has 1 aromatic heterocycles. The molecule has 4 nitrogen and oxygen atoms in total. The molecule has 0 spiro atoms. The minimum atomic E-state index is -0.102. The lowest BCUT2D eigenvalue weighted by molar-refractivity contribution is -0.113. The van der Waals surface area contributed by atoms with Gasteiger partial charge in [0.2, 0.25) is 5.91 Å². The van der Waals surface area contributed by atoms with Gasteiger partial charge in [0.15, 0.2) is 0 Å². The van der Waals surface area contributed by atoms with Crippen molar-refractivity contribution in [2.75, 3.05) is 11.1 Å². The number of hydrogen-bond acceptors (Lipinski definition) is 4. The summed E-state index contributed by atoms with van der Waals surface area (Å²) < 4.78 is 0. The number of unbranched alkanes of at least 4 members (excludes halogenated alkanes) is 1. The fraction of sp³-hybridized carbons (Fsp3) is 0.316. The number of carbonyl (C=O) groups is 1. The molecule has 1 aromatic carbocycles. The van der Waals surface area contributed by atoms with Gasteiger partial charge in [0, 0.05) is 11.4 Å². The Balaban J connectivity index is 1.99. The first-order valence-electron chi connectivity index (χ1n) is 8.01. The van der Waals surface area contributed by atoms with Crippen LogP contribution in [0.3, 0.4) is 0 Å². The van der Waals surface area contributed by atoms with Crippen LogP contribution >= 0.6 is 11.8 Å². The van der Waals surface area contributed by atoms with Crippen LogP contribution in [0.4, 0.5) is 5.69 Å². The van der Waals surface area contributed by atoms with Crippen LogP contribution in [0, 0.1) is 18.3 Å². The second-order valence-electron chi connectivity index (χ2n) is 5.58. The molecule has 2 rings (SSSR count). The molecule has 0 aliphatic heterocycles. The molecule has 24 heavy (non-hydrogen) atoms. The van der Waals surface area contributed by atoms with Crippen LogP contribution in [0.25, 0.3) is 0 Å². The average Bonchev–Trinajstić information content (AvgIpc) is 2.58. The van der Waals surface area contributed by atoms with E-state index in [0.717, 1.165) is 36.2 Å². The van der Waals surface area contributed by atoms with E-state index in [1.807, 2.05) is 37.3 Å². The van der Waals surface area contributed by atoms with Gasteiger partial charge in [-0.1, -0.05) is 37.2 Å². The second kappa shape index (κ2) is 9.09. The fourth-order valence-corrected chi connectivity index (χ4v) is 3.02. The van der Waals surface area contributed by atoms with Gasteiger partial charge in [-0.3, -0.25) is 4.79 Å². The van der Waals surface area contributed by atoms with Gasteiger partial charge in [-0.15, -0.1) is 0 Å². The summed E-state index contributed by atoms with van der Waals surface area (Å²) in [4.78, 5) is 16.6. The molecule has 0 fully saturated rings. The predicted octanol–water partition coefficient (Wildman–Crippen LogP) is 4.34. The van der Waals surface area contributed by atoms with Crippen molar-refractivity contribution < 1.29 is 4.79 Å². The number of benzene rings is 1. The SMILES string of the molecule is CCCCc1ccc(C#N)c(SCC(=O)Nc2cccc(C)c2)n1. The van der Waals surface area contributed by atoms with Crippen molar-refractivity contribution in [1.82, 2.24) is 4.98 Å². The summed E-state index contributed by atoms with van der Waals surface area (Å²) in [6.07, 6.45) is 3.06. The van der Waals surface area contributed by atoms with Gasteiger partial charge in [0.1, 0.15) is 11.1 Å². The molecular weight excluding hydrogens is 318 g/mol. The van der Waals surface area contributed by atoms with E-state index < -0.39 is 0 Å². The Morgan fingerprint density at radius 3 is 2.88 bits per heavy atom. The maximum Gasteiger partial charge on any atom is 0.234 e. The van der Waals surface area contributed by atoms with Crippen LogP contribution in [0.15, 0.2) is 41.4 Å². The van der Waals surface area contributed by atoms with E-state index in [0.29, 0.717) is 10.6 Å². The largest absolute Gasteiger partial charge is 0.325 e. The predicted molar refractivity (Wildman–Crippen MR) is 98.1 cm³/mol. The Kier molecular flexibility index (Phi) is 6.83. The van der Waals surface area contributed by atoms with Crippen LogP contribution in [-0.4, -0.2) is 16.6 Å². The third kappa shape index (κ3) is 5.39. The first kappa shape index (κ1) is 18.0. The summed E-state index contributed by atoms with van der Waals surface area (Å²) in [5.41, 5.74) is 3.37. The van der Waals surface area contributed by atoms with Crippen LogP contribution in [0.5, 0.6) is 0 Å². The fourth-order valence-electron chi connectivity index (χ4n) is 2.22. The third-order valence-corrected chi connectivity index (χ3v) is 4.46. The lowest BCUT2D eigenvalue weighted by Crippen LogP contribution is -2.14. The summed E-state index contributed by atoms with van der Waals surface area (Å²) in [5.74, 6) is 0.127. The van der Waals surface area contributed by atoms with E-state index in [4.69, 9.17) is 0 Å². The summed E-state index contributed by atoms with van der Waals surface area (Å²) in [5, 5.41) is 12.7. The van der Waals surface area contributed by atoms with Crippen LogP contribution in [0.1, 0.15) is 36.6 Å². The standard InChI is InChI=1S/C19H21N3OS/c1-3-4-7-16-10-9-15(12-20)19(22-16)24-13-18(23)21-17-8-5-6-14(2)11-17/h5-6,8-11H,3-4,7,13H2,1-2H3,(H,21,23). The van der Waals surface area contributed by atoms with Crippen LogP contribution in [-0.2, 0) is 11.2 Å². The molecule has 0 saturated heterocycles. The number of aryl methyl sites for hydroxylation is 2. The van der Waals surface area contributed by atoms with Crippen molar-refractivity contribution in [1.29, 1.82) is 5.26 Å². The zero-order valence-electron chi connectivity index (χ0n) is 14.0. The van der Waals surface area contributed by atoms with Crippen LogP contribution in [0.2, 0.25) is 0 Å². The summed E-state index contributed by atoms with van der Waals surface area (Å²) in [7, 11) is 0. The maximum absolute atomic E-state index is 12.1. The van der Waals surface area contributed by atoms with Gasteiger partial charge in [-0.05, 0) is 49.6 Å². The second-order valence-corrected chi connectivity index (χ2v) is 6.54. The number of amides is 1. The molecule has 0 atom stereocenters. The number of carbonyl (C=O) groups excluding carboxylic acids is 1. The number of nitriles is 1. The lowest BCUT2D eigenvalue weighted by atomic mass is 10.2. The first-order chi connectivity index (χ1) is 11.6. The Morgan fingerprint density at radius 1 is 1.33 bits per heavy atom. The monoisotopic (exact) mass is 339 g/mol. The first-order valence-corrected chi connectivity index (χ1v) is 9.00. The molecule has 0 saturated carbocycles. The van der Waals surface area contributed by atoms with E-state index >= 15 is 0 Å². The highest BCUT2D eigenvalue weighted by Crippen LogP contribution is 2.21. The zero-order valence-corrected chi connectivity index (χ0v) is 14.8. The highest BCUT2D eigenvalue weighted by Gasteiger charge is 2.10. The van der Waals surface area contributed by atoms with Gasteiger partial charge in [-0.25, -0.2) is 4.98 Å². The van der Waals surface area contributed by atoms with Crippen molar-refractivity contribution in [3.63, 3.8) is 0 Å².